The number of hydrogen-bond acceptors (Lipinski definition) is 6. The van der Waals surface area contributed by atoms with Crippen LogP contribution in [0.5, 0.6) is 5.75 Å². The number of nitrogens with one attached hydrogen (secondary N) is 2. The topological polar surface area (TPSA) is 116 Å². The van der Waals surface area contributed by atoms with E-state index < -0.39 is 23.6 Å². The van der Waals surface area contributed by atoms with Crippen LogP contribution in [0.2, 0.25) is 0 Å². The van der Waals surface area contributed by atoms with E-state index in [2.05, 4.69) is 20.8 Å². The molecule has 0 spiro atoms. The predicted molar refractivity (Wildman–Crippen MR) is 115 cm³/mol. The van der Waals surface area contributed by atoms with Crippen molar-refractivity contribution >= 4 is 17.5 Å². The molecule has 3 aromatic heterocycles. The summed E-state index contributed by atoms with van der Waals surface area (Å²) in [7, 11) is 1.55. The number of rotatable bonds is 8. The van der Waals surface area contributed by atoms with E-state index in [0.717, 1.165) is 12.1 Å². The molecule has 0 saturated carbocycles. The van der Waals surface area contributed by atoms with Gasteiger partial charge < -0.3 is 19.8 Å². The van der Waals surface area contributed by atoms with Gasteiger partial charge in [-0.15, -0.1) is 0 Å². The molecule has 1 aromatic carbocycles. The molecule has 0 unspecified atom stereocenters. The molecule has 4 rings (SSSR count). The molecule has 0 saturated heterocycles. The van der Waals surface area contributed by atoms with Gasteiger partial charge in [0.25, 0.3) is 11.8 Å². The van der Waals surface area contributed by atoms with E-state index in [1.807, 2.05) is 0 Å². The van der Waals surface area contributed by atoms with Crippen molar-refractivity contribution < 1.29 is 31.9 Å². The van der Waals surface area contributed by atoms with Crippen LogP contribution in [0.4, 0.5) is 18.9 Å². The van der Waals surface area contributed by atoms with Crippen molar-refractivity contribution in [2.24, 2.45) is 7.05 Å². The van der Waals surface area contributed by atoms with Crippen molar-refractivity contribution in [3.05, 3.63) is 83.8 Å². The lowest BCUT2D eigenvalue weighted by atomic mass is 10.2. The number of hydrogen-bond donors (Lipinski definition) is 2. The molecule has 0 aliphatic rings. The zero-order valence-corrected chi connectivity index (χ0v) is 18.2. The fraction of sp³-hybridized carbons (Fsp3) is 0.182. The quantitative estimate of drug-likeness (QED) is 0.393. The van der Waals surface area contributed by atoms with Gasteiger partial charge in [0, 0.05) is 13.2 Å². The molecule has 0 atom stereocenters. The molecule has 10 nitrogen and oxygen atoms in total. The van der Waals surface area contributed by atoms with Crippen LogP contribution in [0.3, 0.4) is 0 Å². The van der Waals surface area contributed by atoms with Crippen molar-refractivity contribution in [1.82, 2.24) is 24.9 Å². The number of carbonyl (C=O) groups excluding carboxylic acids is 2. The minimum Gasteiger partial charge on any atom is -0.471 e. The van der Waals surface area contributed by atoms with Crippen molar-refractivity contribution in [1.29, 1.82) is 0 Å². The molecule has 0 bridgehead atoms. The fourth-order valence-electron chi connectivity index (χ4n) is 3.11. The van der Waals surface area contributed by atoms with Gasteiger partial charge in [0.2, 0.25) is 0 Å². The van der Waals surface area contributed by atoms with Gasteiger partial charge in [0.1, 0.15) is 17.2 Å². The molecular formula is C22H19F3N6O4. The Morgan fingerprint density at radius 1 is 1.14 bits per heavy atom. The smallest absolute Gasteiger partial charge is 0.416 e. The predicted octanol–water partition coefficient (Wildman–Crippen LogP) is 3.45. The fourth-order valence-corrected chi connectivity index (χ4v) is 3.11. The largest absolute Gasteiger partial charge is 0.471 e. The maximum Gasteiger partial charge on any atom is 0.416 e. The number of anilines is 1. The highest BCUT2D eigenvalue weighted by Crippen LogP contribution is 2.31. The van der Waals surface area contributed by atoms with Gasteiger partial charge in [0.15, 0.2) is 12.4 Å². The molecular weight excluding hydrogens is 469 g/mol. The summed E-state index contributed by atoms with van der Waals surface area (Å²) >= 11 is 0. The molecule has 13 heteroatoms. The second kappa shape index (κ2) is 9.75. The van der Waals surface area contributed by atoms with Crippen LogP contribution in [0.1, 0.15) is 32.3 Å². The minimum absolute atomic E-state index is 0.00175. The Balaban J connectivity index is 1.38. The Hall–Kier alpha value is -4.55. The Morgan fingerprint density at radius 2 is 1.97 bits per heavy atom. The number of ether oxygens (including phenoxy) is 1. The Labute approximate surface area is 196 Å². The number of amides is 2. The number of aryl methyl sites for hydroxylation is 1. The second-order valence-electron chi connectivity index (χ2n) is 7.29. The van der Waals surface area contributed by atoms with Gasteiger partial charge in [-0.25, -0.2) is 4.68 Å². The van der Waals surface area contributed by atoms with E-state index >= 15 is 0 Å². The summed E-state index contributed by atoms with van der Waals surface area (Å²) in [5.74, 6) is -0.529. The number of alkyl halides is 3. The number of halogens is 3. The van der Waals surface area contributed by atoms with Crippen molar-refractivity contribution in [2.75, 3.05) is 5.32 Å². The van der Waals surface area contributed by atoms with E-state index in [9.17, 15) is 22.8 Å². The summed E-state index contributed by atoms with van der Waals surface area (Å²) < 4.78 is 51.6. The molecule has 182 valence electrons. The number of nitrogens with zero attached hydrogens (tertiary/aromatic N) is 4. The van der Waals surface area contributed by atoms with E-state index in [1.165, 1.54) is 46.2 Å². The van der Waals surface area contributed by atoms with Gasteiger partial charge in [0.05, 0.1) is 30.3 Å². The SMILES string of the molecule is Cn1ncc(NC(=O)c2ccn(COc3cccc(C(F)(F)F)c3)n2)c1C(=O)NCc1ccco1. The Morgan fingerprint density at radius 3 is 2.71 bits per heavy atom. The van der Waals surface area contributed by atoms with Crippen molar-refractivity contribution in [3.63, 3.8) is 0 Å². The van der Waals surface area contributed by atoms with Gasteiger partial charge in [-0.3, -0.25) is 14.3 Å². The molecule has 0 radical (unpaired) electrons. The summed E-state index contributed by atoms with van der Waals surface area (Å²) in [5, 5.41) is 13.3. The highest BCUT2D eigenvalue weighted by Gasteiger charge is 2.30. The zero-order chi connectivity index (χ0) is 25.0. The maximum atomic E-state index is 12.8. The monoisotopic (exact) mass is 488 g/mol. The van der Waals surface area contributed by atoms with E-state index in [0.29, 0.717) is 5.76 Å². The normalized spacial score (nSPS) is 11.3. The van der Waals surface area contributed by atoms with E-state index in [4.69, 9.17) is 9.15 Å². The molecule has 2 N–H and O–H groups in total. The molecule has 2 amide bonds. The molecule has 4 aromatic rings. The first-order valence-corrected chi connectivity index (χ1v) is 10.2. The van der Waals surface area contributed by atoms with E-state index in [-0.39, 0.29) is 36.1 Å². The lowest BCUT2D eigenvalue weighted by Gasteiger charge is -2.10. The highest BCUT2D eigenvalue weighted by atomic mass is 19.4. The van der Waals surface area contributed by atoms with Crippen LogP contribution in [0.25, 0.3) is 0 Å². The van der Waals surface area contributed by atoms with Crippen molar-refractivity contribution in [3.8, 4) is 5.75 Å². The lowest BCUT2D eigenvalue weighted by Crippen LogP contribution is -2.26. The van der Waals surface area contributed by atoms with Crippen LogP contribution in [0.15, 0.2) is 65.5 Å². The third-order valence-electron chi connectivity index (χ3n) is 4.80. The van der Waals surface area contributed by atoms with Crippen LogP contribution in [-0.2, 0) is 26.5 Å². The van der Waals surface area contributed by atoms with E-state index in [1.54, 1.807) is 19.2 Å². The average Bonchev–Trinajstić information content (AvgIpc) is 3.58. The number of carbonyl (C=O) groups is 2. The summed E-state index contributed by atoms with van der Waals surface area (Å²) in [6.45, 7) is -0.0669. The van der Waals surface area contributed by atoms with Crippen LogP contribution in [0, 0.1) is 0 Å². The van der Waals surface area contributed by atoms with Crippen molar-refractivity contribution in [2.45, 2.75) is 19.5 Å². The minimum atomic E-state index is -4.49. The van der Waals surface area contributed by atoms with Gasteiger partial charge >= 0.3 is 6.18 Å². The first kappa shape index (κ1) is 23.6. The molecule has 0 aliphatic carbocycles. The summed E-state index contributed by atoms with van der Waals surface area (Å²) in [6.07, 6.45) is -0.242. The maximum absolute atomic E-state index is 12.8. The third kappa shape index (κ3) is 5.69. The van der Waals surface area contributed by atoms with Gasteiger partial charge in [-0.2, -0.15) is 23.4 Å². The standard InChI is InChI=1S/C22H19F3N6O4/c1-30-19(21(33)26-11-16-6-3-9-34-16)18(12-27-30)28-20(32)17-7-8-31(29-17)13-35-15-5-2-4-14(10-15)22(23,24)25/h2-10,12H,11,13H2,1H3,(H,26,33)(H,28,32). The number of benzene rings is 1. The zero-order valence-electron chi connectivity index (χ0n) is 18.2. The second-order valence-corrected chi connectivity index (χ2v) is 7.29. The summed E-state index contributed by atoms with van der Waals surface area (Å²) in [5.41, 5.74) is -0.541. The number of furan rings is 1. The lowest BCUT2D eigenvalue weighted by molar-refractivity contribution is -0.137. The number of aromatic nitrogens is 4. The third-order valence-corrected chi connectivity index (χ3v) is 4.80. The van der Waals surface area contributed by atoms with Gasteiger partial charge in [-0.05, 0) is 36.4 Å². The summed E-state index contributed by atoms with van der Waals surface area (Å²) in [4.78, 5) is 25.2. The van der Waals surface area contributed by atoms with Crippen LogP contribution < -0.4 is 15.4 Å². The summed E-state index contributed by atoms with van der Waals surface area (Å²) in [6, 6.07) is 9.23. The average molecular weight is 488 g/mol. The van der Waals surface area contributed by atoms with Crippen LogP contribution in [-0.4, -0.2) is 31.4 Å². The first-order chi connectivity index (χ1) is 16.7. The van der Waals surface area contributed by atoms with Crippen LogP contribution >= 0.6 is 0 Å². The molecule has 0 aliphatic heterocycles. The molecule has 35 heavy (non-hydrogen) atoms. The highest BCUT2D eigenvalue weighted by molar-refractivity contribution is 6.07. The Bertz CT molecular complexity index is 1330. The van der Waals surface area contributed by atoms with Gasteiger partial charge in [-0.1, -0.05) is 6.07 Å². The first-order valence-electron chi connectivity index (χ1n) is 10.2. The molecule has 0 fully saturated rings. The Kier molecular flexibility index (Phi) is 6.57. The molecule has 3 heterocycles.